The van der Waals surface area contributed by atoms with E-state index in [9.17, 15) is 72.1 Å². The van der Waals surface area contributed by atoms with Gasteiger partial charge in [0.15, 0.2) is 5.78 Å². The largest absolute Gasteiger partial charge is 0.394 e. The first kappa shape index (κ1) is 91.2. The number of ketones is 1. The minimum absolute atomic E-state index is 0.00317. The summed E-state index contributed by atoms with van der Waals surface area (Å²) in [5.41, 5.74) is 7.73. The minimum Gasteiger partial charge on any atom is -0.394 e. The number of aliphatic hydroxyl groups is 7. The van der Waals surface area contributed by atoms with E-state index in [1.54, 1.807) is 48.7 Å². The number of fused-ring (bicyclic) bond motifs is 19. The Morgan fingerprint density at radius 1 is 0.522 bits per heavy atom. The van der Waals surface area contributed by atoms with E-state index in [1.165, 1.54) is 76.0 Å². The highest BCUT2D eigenvalue weighted by Crippen LogP contribution is 2.72. The molecule has 10 N–H and O–H groups in total. The number of Topliss-reactive ketones (excluding diaryl/α,β-unsaturated/α-hetero) is 1. The van der Waals surface area contributed by atoms with Crippen molar-refractivity contribution in [3.05, 3.63) is 256 Å². The van der Waals surface area contributed by atoms with Gasteiger partial charge in [0.1, 0.15) is 46.5 Å². The number of carbonyl (C=O) groups excluding carboxylic acids is 3. The van der Waals surface area contributed by atoms with Gasteiger partial charge in [-0.15, -0.1) is 5.10 Å². The summed E-state index contributed by atoms with van der Waals surface area (Å²) in [4.78, 5) is 49.2. The number of halogens is 5. The van der Waals surface area contributed by atoms with Crippen molar-refractivity contribution in [3.8, 4) is 28.3 Å². The van der Waals surface area contributed by atoms with Crippen molar-refractivity contribution in [2.24, 2.45) is 85.8 Å². The minimum atomic E-state index is -3.01. The van der Waals surface area contributed by atoms with E-state index in [2.05, 4.69) is 85.2 Å². The molecule has 5 aromatic heterocycles. The number of nitrogens with zero attached hydrogens (tertiary/aromatic N) is 10. The van der Waals surface area contributed by atoms with Crippen molar-refractivity contribution in [1.82, 2.24) is 59.6 Å². The number of aromatic nitrogens is 11. The zero-order valence-electron chi connectivity index (χ0n) is 77.5. The van der Waals surface area contributed by atoms with E-state index in [1.807, 2.05) is 108 Å². The van der Waals surface area contributed by atoms with Crippen LogP contribution >= 0.6 is 0 Å². The Hall–Kier alpha value is -11.2. The number of aliphatic hydroxyl groups excluding tert-OH is 4. The van der Waals surface area contributed by atoms with E-state index in [0.29, 0.717) is 75.0 Å². The maximum absolute atomic E-state index is 14.0. The molecule has 28 heteroatoms. The predicted octanol–water partition coefficient (Wildman–Crippen LogP) is 16.6. The summed E-state index contributed by atoms with van der Waals surface area (Å²) in [5, 5.41) is 110. The van der Waals surface area contributed by atoms with Crippen LogP contribution in [0, 0.1) is 103 Å². The van der Waals surface area contributed by atoms with Crippen LogP contribution in [0.3, 0.4) is 0 Å². The van der Waals surface area contributed by atoms with Crippen LogP contribution in [-0.2, 0) is 52.5 Å². The first-order chi connectivity index (χ1) is 64.9. The normalized spacial score (nSPS) is 33.7. The van der Waals surface area contributed by atoms with Crippen LogP contribution in [0.15, 0.2) is 193 Å². The third-order valence-corrected chi connectivity index (χ3v) is 36.2. The Kier molecular flexibility index (Phi) is 22.3. The van der Waals surface area contributed by atoms with Crippen molar-refractivity contribution >= 4 is 52.8 Å². The zero-order chi connectivity index (χ0) is 95.1. The number of hydrogen-bond acceptors (Lipinski definition) is 16. The number of H-pyrrole nitrogens is 1. The number of nitrogens with one attached hydrogen (secondary N) is 3. The molecule has 5 heterocycles. The van der Waals surface area contributed by atoms with Gasteiger partial charge in [0, 0.05) is 34.3 Å². The second-order valence-corrected chi connectivity index (χ2v) is 43.2. The molecule has 0 radical (unpaired) electrons. The molecule has 0 spiro atoms. The van der Waals surface area contributed by atoms with Crippen LogP contribution < -0.4 is 10.6 Å². The van der Waals surface area contributed by atoms with Gasteiger partial charge in [0.05, 0.1) is 101 Å². The van der Waals surface area contributed by atoms with Gasteiger partial charge in [-0.05, 0) is 323 Å². The van der Waals surface area contributed by atoms with Gasteiger partial charge in [-0.2, -0.15) is 15.3 Å². The second kappa shape index (κ2) is 33.3. The maximum atomic E-state index is 14.0. The molecular weight excluding hydrogens is 1730 g/mol. The fourth-order valence-electron chi connectivity index (χ4n) is 29.5. The quantitative estimate of drug-likeness (QED) is 0.0426. The molecule has 11 aromatic rings. The smallest absolute Gasteiger partial charge is 0.270 e. The molecule has 23 rings (SSSR count). The number of aromatic amines is 1. The summed E-state index contributed by atoms with van der Waals surface area (Å²) in [5.74, 6) is -4.17. The molecule has 0 bridgehead atoms. The fraction of sp³-hybridized carbons (Fsp3) is 0.472. The van der Waals surface area contributed by atoms with E-state index in [4.69, 9.17) is 0 Å². The average molecular weight is 1850 g/mol. The monoisotopic (exact) mass is 1850 g/mol. The number of benzene rings is 6. The molecule has 0 saturated heterocycles. The molecule has 6 aromatic carbocycles. The van der Waals surface area contributed by atoms with E-state index >= 15 is 0 Å². The van der Waals surface area contributed by atoms with Crippen LogP contribution in [-0.4, -0.2) is 155 Å². The van der Waals surface area contributed by atoms with Gasteiger partial charge in [0.25, 0.3) is 17.7 Å². The van der Waals surface area contributed by atoms with Gasteiger partial charge in [0.2, 0.25) is 5.95 Å². The molecule has 9 fully saturated rings. The van der Waals surface area contributed by atoms with Crippen molar-refractivity contribution in [3.63, 3.8) is 0 Å². The first-order valence-electron chi connectivity index (χ1n) is 48.4. The molecule has 22 atom stereocenters. The van der Waals surface area contributed by atoms with Crippen molar-refractivity contribution < 1.29 is 72.1 Å². The SMILES string of the molecule is CC(F)(F)c1cccc(-c2cn(CC(=O)[C@@]3(O)CCC4C5CCC6=Cc7c(cnn7-c7ccc(F)cc7)CC6(C)C5[C@@H](O)CC43C)nn2)c1.CC12Cc3cnn(-c4ccc(F)cc4)c3C=C1CCC1C2[C@@H](O)CC2(C)C1CC[C@]2(O)C(=O)N[C@H](CO)Cc1ccccc1.CC12Cc3cnn(-c4ccc(F)cc4)c3C=C1CCC1C2[C@@H](O)CC2(C)C1CC[C@]2(O)C(=O)Nc1nc2ccccc2[nH]1. The highest BCUT2D eigenvalue weighted by Gasteiger charge is 2.73. The summed E-state index contributed by atoms with van der Waals surface area (Å²) in [6, 6.07) is 41.7. The van der Waals surface area contributed by atoms with Crippen molar-refractivity contribution in [2.75, 3.05) is 11.9 Å². The number of rotatable bonds is 15. The predicted molar refractivity (Wildman–Crippen MR) is 502 cm³/mol. The Balaban J connectivity index is 0.000000122. The molecule has 15 unspecified atom stereocenters. The van der Waals surface area contributed by atoms with Gasteiger partial charge in [-0.1, -0.05) is 124 Å². The van der Waals surface area contributed by atoms with Crippen molar-refractivity contribution in [2.45, 2.75) is 224 Å². The number of amides is 2. The molecule has 0 aliphatic heterocycles. The van der Waals surface area contributed by atoms with E-state index in [0.717, 1.165) is 139 Å². The molecule has 23 nitrogen and oxygen atoms in total. The Morgan fingerprint density at radius 2 is 0.941 bits per heavy atom. The fourth-order valence-corrected chi connectivity index (χ4v) is 29.5. The summed E-state index contributed by atoms with van der Waals surface area (Å²) >= 11 is 0. The molecular formula is C108H118F5N13O10. The van der Waals surface area contributed by atoms with Gasteiger partial charge >= 0.3 is 0 Å². The molecule has 2 amide bonds. The van der Waals surface area contributed by atoms with Crippen LogP contribution in [0.5, 0.6) is 0 Å². The van der Waals surface area contributed by atoms with Crippen LogP contribution in [0.1, 0.15) is 190 Å². The number of imidazole rings is 1. The lowest BCUT2D eigenvalue weighted by Gasteiger charge is -2.60. The zero-order valence-corrected chi connectivity index (χ0v) is 77.5. The molecule has 12 aliphatic carbocycles. The summed E-state index contributed by atoms with van der Waals surface area (Å²) in [6.45, 7) is 13.1. The van der Waals surface area contributed by atoms with Gasteiger partial charge in [-0.25, -0.2) is 45.7 Å². The van der Waals surface area contributed by atoms with Gasteiger partial charge < -0.3 is 46.0 Å². The maximum Gasteiger partial charge on any atom is 0.270 e. The van der Waals surface area contributed by atoms with E-state index < -0.39 is 75.1 Å². The van der Waals surface area contributed by atoms with Crippen LogP contribution in [0.2, 0.25) is 0 Å². The van der Waals surface area contributed by atoms with Crippen LogP contribution in [0.25, 0.3) is 57.6 Å². The molecule has 9 saturated carbocycles. The average Bonchev–Trinajstić information content (AvgIpc) is 1.48. The topological polar surface area (TPSA) is 330 Å². The first-order valence-corrected chi connectivity index (χ1v) is 48.4. The molecule has 136 heavy (non-hydrogen) atoms. The van der Waals surface area contributed by atoms with Gasteiger partial charge in [-0.3, -0.25) is 19.7 Å². The Bertz CT molecular complexity index is 6570. The van der Waals surface area contributed by atoms with Crippen LogP contribution in [0.4, 0.5) is 27.9 Å². The molecule has 12 aliphatic rings. The Labute approximate surface area is 785 Å². The summed E-state index contributed by atoms with van der Waals surface area (Å²) in [7, 11) is 0. The lowest BCUT2D eigenvalue weighted by Crippen LogP contribution is -2.64. The third-order valence-electron chi connectivity index (χ3n) is 36.2. The number of para-hydroxylation sites is 2. The number of anilines is 1. The van der Waals surface area contributed by atoms with Crippen molar-refractivity contribution in [1.29, 1.82) is 0 Å². The lowest BCUT2D eigenvalue weighted by molar-refractivity contribution is -0.181. The Morgan fingerprint density at radius 3 is 1.38 bits per heavy atom. The number of alkyl halides is 2. The highest BCUT2D eigenvalue weighted by molar-refractivity contribution is 5.98. The summed E-state index contributed by atoms with van der Waals surface area (Å²) < 4.78 is 75.6. The number of carbonyl (C=O) groups is 3. The number of allylic oxidation sites excluding steroid dienone is 3. The highest BCUT2D eigenvalue weighted by atomic mass is 19.3. The standard InChI is InChI=1S/C38H40F3N5O3.C36H42FN3O4.C34H36FN5O3/c1-35-17-23-19-42-46(27-10-8-26(39)9-11-27)31(23)16-24(35)7-12-28-29-13-14-38(49,36(29,2)18-32(47)34(28)35)33(48)21-45-20-30(43-44-45)22-5-4-6-25(15-22)37(3,40)41;1-34-18-23-20-38-40(27-11-9-25(37)10-12-27)30(23)17-24(34)8-13-28-29-14-15-36(44,35(29,2)19-31(42)32(28)34)33(43)39-26(21-41)16-22-6-4-3-5-7-22;1-32-16-19-18-36-40(22-10-8-21(35)9-11-22)27(19)15-20(32)7-12-23-24-13-14-34(43,33(24,2)17-28(41)29(23)32)30(42)39-31-37-25-5-3-4-6-26(25)38-31/h4-6,8-11,15-16,19-20,28-29,32,34,47,49H,7,12-14,17-18,21H2,1-3H3;3-7,9-12,17,20,26,28-29,31-32,41-42,44H,8,13-16,18-19,21H2,1-2H3,(H,39,43);3-6,8-11,15,18,23-24,28-29,41,43H,7,12-14,16-17H2,1-2H3,(H2,37,38,39,42)/t28?,29?,32-,34?,35?,36?,38-;26-,28?,29?,31-,32?,34?,35?,36-;23?,24?,28-,29?,32?,33?,34-/m000/s1. The van der Waals surface area contributed by atoms with E-state index in [-0.39, 0.29) is 111 Å². The lowest BCUT2D eigenvalue weighted by atomic mass is 9.45. The number of hydrogen-bond donors (Lipinski definition) is 10. The summed E-state index contributed by atoms with van der Waals surface area (Å²) in [6.07, 6.45) is 23.8. The second-order valence-electron chi connectivity index (χ2n) is 43.2. The molecule has 710 valence electrons. The third kappa shape index (κ3) is 14.5.